The number of sulfonamides is 1. The predicted octanol–water partition coefficient (Wildman–Crippen LogP) is 5.31. The standard InChI is InChI=1S/C30H33N3O4S/c1-20-6-9-23(21(2)34)16-26(20)24-10-13-28-27(17-24)30(14-4-5-15-30)19-33(28)29(35)32-18-22-7-11-25(12-8-22)38(36,37)31-3/h6-13,16-17,31H,4-5,14-15,18-19H2,1-3H3,(H,32,35). The Hall–Kier alpha value is -3.49. The Morgan fingerprint density at radius 1 is 0.974 bits per heavy atom. The average molecular weight is 532 g/mol. The molecule has 1 aliphatic heterocycles. The number of ketones is 1. The lowest BCUT2D eigenvalue weighted by atomic mass is 9.79. The van der Waals surface area contributed by atoms with Crippen LogP contribution in [0.25, 0.3) is 11.1 Å². The van der Waals surface area contributed by atoms with E-state index in [0.29, 0.717) is 18.7 Å². The largest absolute Gasteiger partial charge is 0.334 e. The number of rotatable bonds is 6. The van der Waals surface area contributed by atoms with E-state index in [1.807, 2.05) is 35.2 Å². The summed E-state index contributed by atoms with van der Waals surface area (Å²) in [6, 6.07) is 18.5. The highest BCUT2D eigenvalue weighted by atomic mass is 32.2. The van der Waals surface area contributed by atoms with E-state index in [4.69, 9.17) is 0 Å². The molecule has 2 N–H and O–H groups in total. The van der Waals surface area contributed by atoms with Crippen LogP contribution in [0.4, 0.5) is 10.5 Å². The van der Waals surface area contributed by atoms with Crippen molar-refractivity contribution in [2.45, 2.75) is 56.4 Å². The highest BCUT2D eigenvalue weighted by Crippen LogP contribution is 2.51. The molecular weight excluding hydrogens is 498 g/mol. The first-order chi connectivity index (χ1) is 18.1. The first-order valence-electron chi connectivity index (χ1n) is 13.0. The number of Topliss-reactive ketones (excluding diaryl/α,β-unsaturated/α-hetero) is 1. The zero-order valence-electron chi connectivity index (χ0n) is 22.0. The van der Waals surface area contributed by atoms with Gasteiger partial charge in [-0.25, -0.2) is 17.9 Å². The fourth-order valence-corrected chi connectivity index (χ4v) is 6.56. The van der Waals surface area contributed by atoms with Crippen LogP contribution in [0.3, 0.4) is 0 Å². The van der Waals surface area contributed by atoms with Gasteiger partial charge in [-0.05, 0) is 91.9 Å². The molecular formula is C30H33N3O4S. The highest BCUT2D eigenvalue weighted by molar-refractivity contribution is 7.89. The van der Waals surface area contributed by atoms with Gasteiger partial charge in [0, 0.05) is 29.8 Å². The van der Waals surface area contributed by atoms with Crippen molar-refractivity contribution in [1.29, 1.82) is 0 Å². The first kappa shape index (κ1) is 26.1. The predicted molar refractivity (Wildman–Crippen MR) is 149 cm³/mol. The maximum Gasteiger partial charge on any atom is 0.322 e. The third-order valence-corrected chi connectivity index (χ3v) is 9.46. The molecule has 0 unspecified atom stereocenters. The summed E-state index contributed by atoms with van der Waals surface area (Å²) in [5.74, 6) is 0.0424. The molecule has 1 aliphatic carbocycles. The topological polar surface area (TPSA) is 95.6 Å². The van der Waals surface area contributed by atoms with Crippen LogP contribution in [0.15, 0.2) is 65.6 Å². The minimum Gasteiger partial charge on any atom is -0.334 e. The smallest absolute Gasteiger partial charge is 0.322 e. The first-order valence-corrected chi connectivity index (χ1v) is 14.5. The van der Waals surface area contributed by atoms with E-state index in [9.17, 15) is 18.0 Å². The summed E-state index contributed by atoms with van der Waals surface area (Å²) < 4.78 is 26.2. The van der Waals surface area contributed by atoms with Crippen LogP contribution in [0.5, 0.6) is 0 Å². The molecule has 1 saturated carbocycles. The number of hydrogen-bond donors (Lipinski definition) is 2. The van der Waals surface area contributed by atoms with Gasteiger partial charge < -0.3 is 5.32 Å². The molecule has 5 rings (SSSR count). The summed E-state index contributed by atoms with van der Waals surface area (Å²) in [5.41, 5.74) is 6.81. The normalized spacial score (nSPS) is 16.0. The van der Waals surface area contributed by atoms with Gasteiger partial charge in [-0.1, -0.05) is 43.2 Å². The van der Waals surface area contributed by atoms with Crippen LogP contribution < -0.4 is 14.9 Å². The number of carbonyl (C=O) groups excluding carboxylic acids is 2. The van der Waals surface area contributed by atoms with E-state index in [0.717, 1.165) is 53.6 Å². The van der Waals surface area contributed by atoms with Gasteiger partial charge in [-0.15, -0.1) is 0 Å². The van der Waals surface area contributed by atoms with Gasteiger partial charge in [0.15, 0.2) is 5.78 Å². The summed E-state index contributed by atoms with van der Waals surface area (Å²) in [7, 11) is -2.12. The van der Waals surface area contributed by atoms with E-state index in [1.165, 1.54) is 24.7 Å². The lowest BCUT2D eigenvalue weighted by molar-refractivity contribution is 0.101. The number of nitrogens with one attached hydrogen (secondary N) is 2. The van der Waals surface area contributed by atoms with Crippen LogP contribution in [0, 0.1) is 6.92 Å². The third kappa shape index (κ3) is 4.74. The van der Waals surface area contributed by atoms with Gasteiger partial charge in [-0.2, -0.15) is 0 Å². The maximum atomic E-state index is 13.4. The summed E-state index contributed by atoms with van der Waals surface area (Å²) in [6.07, 6.45) is 4.36. The molecule has 3 aromatic carbocycles. The Kier molecular flexibility index (Phi) is 6.88. The zero-order valence-corrected chi connectivity index (χ0v) is 22.8. The number of hydrogen-bond acceptors (Lipinski definition) is 4. The van der Waals surface area contributed by atoms with Crippen molar-refractivity contribution < 1.29 is 18.0 Å². The Balaban J connectivity index is 1.40. The molecule has 7 nitrogen and oxygen atoms in total. The monoisotopic (exact) mass is 531 g/mol. The van der Waals surface area contributed by atoms with Crippen LogP contribution in [0.1, 0.15) is 59.7 Å². The molecule has 0 atom stereocenters. The molecule has 3 aromatic rings. The van der Waals surface area contributed by atoms with Crippen molar-refractivity contribution in [2.24, 2.45) is 0 Å². The number of nitrogens with zero attached hydrogens (tertiary/aromatic N) is 1. The Morgan fingerprint density at radius 3 is 2.34 bits per heavy atom. The number of aryl methyl sites for hydroxylation is 1. The van der Waals surface area contributed by atoms with Gasteiger partial charge in [0.2, 0.25) is 10.0 Å². The molecule has 0 bridgehead atoms. The summed E-state index contributed by atoms with van der Waals surface area (Å²) in [6.45, 7) is 4.58. The van der Waals surface area contributed by atoms with E-state index in [-0.39, 0.29) is 22.1 Å². The van der Waals surface area contributed by atoms with Crippen molar-refractivity contribution in [2.75, 3.05) is 18.5 Å². The number of anilines is 1. The fourth-order valence-electron chi connectivity index (χ4n) is 5.83. The van der Waals surface area contributed by atoms with E-state index >= 15 is 0 Å². The van der Waals surface area contributed by atoms with Gasteiger partial charge in [0.05, 0.1) is 4.90 Å². The van der Waals surface area contributed by atoms with Crippen LogP contribution in [-0.2, 0) is 22.0 Å². The Morgan fingerprint density at radius 2 is 1.68 bits per heavy atom. The second kappa shape index (κ2) is 10.0. The number of amides is 2. The summed E-state index contributed by atoms with van der Waals surface area (Å²) in [4.78, 5) is 27.4. The SMILES string of the molecule is CNS(=O)(=O)c1ccc(CNC(=O)N2CC3(CCCC3)c3cc(-c4cc(C(C)=O)ccc4C)ccc32)cc1. The van der Waals surface area contributed by atoms with E-state index < -0.39 is 10.0 Å². The Labute approximate surface area is 224 Å². The van der Waals surface area contributed by atoms with Gasteiger partial charge in [0.1, 0.15) is 0 Å². The van der Waals surface area contributed by atoms with Crippen molar-refractivity contribution in [3.63, 3.8) is 0 Å². The molecule has 1 spiro atoms. The summed E-state index contributed by atoms with van der Waals surface area (Å²) >= 11 is 0. The van der Waals surface area contributed by atoms with Crippen LogP contribution in [0.2, 0.25) is 0 Å². The average Bonchev–Trinajstić information content (AvgIpc) is 3.52. The minimum absolute atomic E-state index is 0.0424. The lowest BCUT2D eigenvalue weighted by Gasteiger charge is -2.25. The van der Waals surface area contributed by atoms with E-state index in [2.05, 4.69) is 23.0 Å². The van der Waals surface area contributed by atoms with Crippen molar-refractivity contribution in [1.82, 2.24) is 10.0 Å². The maximum absolute atomic E-state index is 13.4. The molecule has 0 radical (unpaired) electrons. The molecule has 0 aromatic heterocycles. The van der Waals surface area contributed by atoms with Gasteiger partial charge in [-0.3, -0.25) is 9.69 Å². The van der Waals surface area contributed by atoms with Crippen molar-refractivity contribution in [3.05, 3.63) is 82.9 Å². The molecule has 1 fully saturated rings. The molecule has 2 amide bonds. The molecule has 0 saturated heterocycles. The van der Waals surface area contributed by atoms with Gasteiger partial charge >= 0.3 is 6.03 Å². The van der Waals surface area contributed by atoms with Gasteiger partial charge in [0.25, 0.3) is 0 Å². The van der Waals surface area contributed by atoms with Crippen LogP contribution >= 0.6 is 0 Å². The molecule has 1 heterocycles. The van der Waals surface area contributed by atoms with Crippen LogP contribution in [-0.4, -0.2) is 33.8 Å². The molecule has 38 heavy (non-hydrogen) atoms. The molecule has 2 aliphatic rings. The number of urea groups is 1. The Bertz CT molecular complexity index is 1510. The van der Waals surface area contributed by atoms with Crippen molar-refractivity contribution >= 4 is 27.5 Å². The summed E-state index contributed by atoms with van der Waals surface area (Å²) in [5, 5.41) is 3.02. The minimum atomic E-state index is -3.50. The number of benzene rings is 3. The third-order valence-electron chi connectivity index (χ3n) is 8.03. The number of carbonyl (C=O) groups is 2. The highest BCUT2D eigenvalue weighted by Gasteiger charge is 2.46. The quantitative estimate of drug-likeness (QED) is 0.421. The molecule has 198 valence electrons. The number of fused-ring (bicyclic) bond motifs is 2. The second-order valence-electron chi connectivity index (χ2n) is 10.4. The fraction of sp³-hybridized carbons (Fsp3) is 0.333. The molecule has 8 heteroatoms. The second-order valence-corrected chi connectivity index (χ2v) is 12.3. The zero-order chi connectivity index (χ0) is 27.1. The lowest BCUT2D eigenvalue weighted by Crippen LogP contribution is -2.41. The van der Waals surface area contributed by atoms with Crippen molar-refractivity contribution in [3.8, 4) is 11.1 Å². The van der Waals surface area contributed by atoms with E-state index in [1.54, 1.807) is 19.1 Å².